The number of likely N-dealkylation sites (tertiary alicyclic amines) is 1. The van der Waals surface area contributed by atoms with E-state index in [-0.39, 0.29) is 18.7 Å². The summed E-state index contributed by atoms with van der Waals surface area (Å²) in [6.07, 6.45) is -0.0451. The van der Waals surface area contributed by atoms with Crippen LogP contribution in [0.25, 0.3) is 0 Å². The van der Waals surface area contributed by atoms with Crippen molar-refractivity contribution in [2.45, 2.75) is 19.6 Å². The van der Waals surface area contributed by atoms with Crippen LogP contribution in [0.1, 0.15) is 11.7 Å². The fraction of sp³-hybridized carbons (Fsp3) is 0.357. The molecule has 1 aliphatic heterocycles. The molecule has 0 atom stereocenters. The first-order chi connectivity index (χ1) is 10.6. The first kappa shape index (κ1) is 14.6. The van der Waals surface area contributed by atoms with Crippen LogP contribution in [0.2, 0.25) is 5.02 Å². The van der Waals surface area contributed by atoms with Crippen molar-refractivity contribution in [1.82, 2.24) is 20.4 Å². The first-order valence-corrected chi connectivity index (χ1v) is 7.23. The number of benzene rings is 1. The molecule has 3 rings (SSSR count). The zero-order valence-electron chi connectivity index (χ0n) is 12.0. The van der Waals surface area contributed by atoms with Gasteiger partial charge in [-0.3, -0.25) is 0 Å². The minimum atomic E-state index is -0.185. The van der Waals surface area contributed by atoms with Crippen molar-refractivity contribution < 1.29 is 14.1 Å². The van der Waals surface area contributed by atoms with Gasteiger partial charge in [0.05, 0.1) is 24.7 Å². The van der Waals surface area contributed by atoms with E-state index in [0.717, 1.165) is 0 Å². The van der Waals surface area contributed by atoms with E-state index in [1.807, 2.05) is 18.2 Å². The Morgan fingerprint density at radius 3 is 2.95 bits per heavy atom. The molecule has 7 nitrogen and oxygen atoms in total. The van der Waals surface area contributed by atoms with Crippen molar-refractivity contribution in [3.8, 4) is 5.75 Å². The first-order valence-electron chi connectivity index (χ1n) is 6.85. The molecular weight excluding hydrogens is 308 g/mol. The molecule has 1 aliphatic rings. The number of hydrogen-bond acceptors (Lipinski definition) is 5. The van der Waals surface area contributed by atoms with Gasteiger partial charge < -0.3 is 19.5 Å². The van der Waals surface area contributed by atoms with Crippen LogP contribution in [0.15, 0.2) is 28.8 Å². The molecule has 116 valence electrons. The number of ether oxygens (including phenoxy) is 1. The predicted octanol–water partition coefficient (Wildman–Crippen LogP) is 2.00. The van der Waals surface area contributed by atoms with Gasteiger partial charge in [0.2, 0.25) is 5.89 Å². The van der Waals surface area contributed by atoms with Crippen LogP contribution in [-0.2, 0) is 6.54 Å². The normalized spacial score (nSPS) is 14.5. The maximum Gasteiger partial charge on any atom is 0.318 e. The standard InChI is InChI=1S/C14H15ClN4O3/c1-9-17-13(22-18-9)6-16-14(20)19-7-10(8-19)21-12-5-3-2-4-11(12)15/h2-5,10H,6-8H2,1H3,(H,16,20). The maximum absolute atomic E-state index is 11.9. The third-order valence-electron chi connectivity index (χ3n) is 3.23. The quantitative estimate of drug-likeness (QED) is 0.931. The van der Waals surface area contributed by atoms with Crippen LogP contribution in [0.5, 0.6) is 5.75 Å². The van der Waals surface area contributed by atoms with Gasteiger partial charge in [-0.15, -0.1) is 0 Å². The van der Waals surface area contributed by atoms with E-state index in [2.05, 4.69) is 15.5 Å². The molecule has 1 aromatic carbocycles. The molecule has 22 heavy (non-hydrogen) atoms. The third-order valence-corrected chi connectivity index (χ3v) is 3.54. The van der Waals surface area contributed by atoms with E-state index in [4.69, 9.17) is 20.9 Å². The minimum Gasteiger partial charge on any atom is -0.485 e. The summed E-state index contributed by atoms with van der Waals surface area (Å²) in [5.74, 6) is 1.56. The Morgan fingerprint density at radius 1 is 1.50 bits per heavy atom. The summed E-state index contributed by atoms with van der Waals surface area (Å²) >= 11 is 6.03. The van der Waals surface area contributed by atoms with Crippen LogP contribution in [-0.4, -0.2) is 40.3 Å². The number of para-hydroxylation sites is 1. The Balaban J connectivity index is 1.43. The average Bonchev–Trinajstić information content (AvgIpc) is 2.87. The molecule has 2 heterocycles. The lowest BCUT2D eigenvalue weighted by Crippen LogP contribution is -2.58. The highest BCUT2D eigenvalue weighted by atomic mass is 35.5. The van der Waals surface area contributed by atoms with Crippen LogP contribution >= 0.6 is 11.6 Å². The van der Waals surface area contributed by atoms with Gasteiger partial charge in [0.25, 0.3) is 0 Å². The smallest absolute Gasteiger partial charge is 0.318 e. The van der Waals surface area contributed by atoms with Crippen molar-refractivity contribution >= 4 is 17.6 Å². The summed E-state index contributed by atoms with van der Waals surface area (Å²) in [4.78, 5) is 17.6. The number of carbonyl (C=O) groups is 1. The van der Waals surface area contributed by atoms with Gasteiger partial charge in [0, 0.05) is 0 Å². The number of halogens is 1. The van der Waals surface area contributed by atoms with Crippen molar-refractivity contribution in [2.75, 3.05) is 13.1 Å². The van der Waals surface area contributed by atoms with Gasteiger partial charge in [0.1, 0.15) is 11.9 Å². The fourth-order valence-electron chi connectivity index (χ4n) is 2.07. The molecule has 1 fully saturated rings. The lowest BCUT2D eigenvalue weighted by atomic mass is 10.2. The molecule has 1 N–H and O–H groups in total. The van der Waals surface area contributed by atoms with E-state index >= 15 is 0 Å². The number of nitrogens with zero attached hydrogens (tertiary/aromatic N) is 3. The number of aromatic nitrogens is 2. The highest BCUT2D eigenvalue weighted by molar-refractivity contribution is 6.32. The van der Waals surface area contributed by atoms with E-state index in [0.29, 0.717) is 35.6 Å². The lowest BCUT2D eigenvalue weighted by Gasteiger charge is -2.38. The summed E-state index contributed by atoms with van der Waals surface area (Å²) in [5, 5.41) is 6.94. The van der Waals surface area contributed by atoms with Gasteiger partial charge in [0.15, 0.2) is 5.82 Å². The number of amides is 2. The summed E-state index contributed by atoms with van der Waals surface area (Å²) in [6.45, 7) is 2.97. The Kier molecular flexibility index (Phi) is 4.15. The molecule has 0 saturated carbocycles. The molecule has 1 aromatic heterocycles. The van der Waals surface area contributed by atoms with Crippen molar-refractivity contribution in [3.63, 3.8) is 0 Å². The Labute approximate surface area is 132 Å². The fourth-order valence-corrected chi connectivity index (χ4v) is 2.25. The number of hydrogen-bond donors (Lipinski definition) is 1. The molecular formula is C14H15ClN4O3. The van der Waals surface area contributed by atoms with Crippen LogP contribution in [0.4, 0.5) is 4.79 Å². The average molecular weight is 323 g/mol. The minimum absolute atomic E-state index is 0.0451. The Hall–Kier alpha value is -2.28. The summed E-state index contributed by atoms with van der Waals surface area (Å²) < 4.78 is 10.7. The second kappa shape index (κ2) is 6.23. The SMILES string of the molecule is Cc1noc(CNC(=O)N2CC(Oc3ccccc3Cl)C2)n1. The monoisotopic (exact) mass is 322 g/mol. The summed E-state index contributed by atoms with van der Waals surface area (Å²) in [6, 6.07) is 7.09. The van der Waals surface area contributed by atoms with E-state index in [1.165, 1.54) is 0 Å². The number of nitrogens with one attached hydrogen (secondary N) is 1. The summed E-state index contributed by atoms with van der Waals surface area (Å²) in [7, 11) is 0. The Bertz CT molecular complexity index is 670. The van der Waals surface area contributed by atoms with E-state index < -0.39 is 0 Å². The van der Waals surface area contributed by atoms with Gasteiger partial charge >= 0.3 is 6.03 Å². The molecule has 0 spiro atoms. The van der Waals surface area contributed by atoms with Crippen LogP contribution < -0.4 is 10.1 Å². The molecule has 1 saturated heterocycles. The van der Waals surface area contributed by atoms with Gasteiger partial charge in [-0.2, -0.15) is 4.98 Å². The molecule has 8 heteroatoms. The van der Waals surface area contributed by atoms with Gasteiger partial charge in [-0.05, 0) is 19.1 Å². The highest BCUT2D eigenvalue weighted by Gasteiger charge is 2.32. The number of rotatable bonds is 4. The number of urea groups is 1. The molecule has 2 amide bonds. The topological polar surface area (TPSA) is 80.5 Å². The second-order valence-electron chi connectivity index (χ2n) is 4.97. The van der Waals surface area contributed by atoms with E-state index in [9.17, 15) is 4.79 Å². The summed E-state index contributed by atoms with van der Waals surface area (Å²) in [5.41, 5.74) is 0. The van der Waals surface area contributed by atoms with Gasteiger partial charge in [-0.1, -0.05) is 28.9 Å². The number of carbonyl (C=O) groups excluding carboxylic acids is 1. The van der Waals surface area contributed by atoms with Gasteiger partial charge in [-0.25, -0.2) is 4.79 Å². The Morgan fingerprint density at radius 2 is 2.27 bits per heavy atom. The van der Waals surface area contributed by atoms with Crippen molar-refractivity contribution in [3.05, 3.63) is 41.0 Å². The lowest BCUT2D eigenvalue weighted by molar-refractivity contribution is 0.0442. The van der Waals surface area contributed by atoms with E-state index in [1.54, 1.807) is 17.9 Å². The molecule has 0 bridgehead atoms. The zero-order valence-corrected chi connectivity index (χ0v) is 12.7. The maximum atomic E-state index is 11.9. The third kappa shape index (κ3) is 3.30. The molecule has 0 unspecified atom stereocenters. The zero-order chi connectivity index (χ0) is 15.5. The van der Waals surface area contributed by atoms with Crippen LogP contribution in [0.3, 0.4) is 0 Å². The second-order valence-corrected chi connectivity index (χ2v) is 5.38. The predicted molar refractivity (Wildman–Crippen MR) is 78.7 cm³/mol. The molecule has 0 aliphatic carbocycles. The van der Waals surface area contributed by atoms with Crippen molar-refractivity contribution in [2.24, 2.45) is 0 Å². The van der Waals surface area contributed by atoms with Crippen LogP contribution in [0, 0.1) is 6.92 Å². The highest BCUT2D eigenvalue weighted by Crippen LogP contribution is 2.26. The largest absolute Gasteiger partial charge is 0.485 e. The molecule has 2 aromatic rings. The molecule has 0 radical (unpaired) electrons. The van der Waals surface area contributed by atoms with Crippen molar-refractivity contribution in [1.29, 1.82) is 0 Å². The number of aryl methyl sites for hydroxylation is 1.